The van der Waals surface area contributed by atoms with E-state index >= 15 is 0 Å². The molecule has 4 rings (SSSR count). The zero-order chi connectivity index (χ0) is 19.9. The molecule has 146 valence electrons. The molecule has 7 heteroatoms. The number of hydrogen-bond donors (Lipinski definition) is 0. The molecule has 0 amide bonds. The van der Waals surface area contributed by atoms with Gasteiger partial charge in [0.2, 0.25) is 0 Å². The third kappa shape index (κ3) is 3.80. The topological polar surface area (TPSA) is 37.6 Å². The molecule has 0 bridgehead atoms. The van der Waals surface area contributed by atoms with Gasteiger partial charge < -0.3 is 0 Å². The maximum atomic E-state index is 13.1. The van der Waals surface area contributed by atoms with E-state index in [4.69, 9.17) is 0 Å². The molecule has 2 aromatic heterocycles. The van der Waals surface area contributed by atoms with E-state index in [1.54, 1.807) is 24.4 Å². The summed E-state index contributed by atoms with van der Waals surface area (Å²) in [6.45, 7) is 2.32. The molecule has 0 radical (unpaired) electrons. The monoisotopic (exact) mass is 387 g/mol. The zero-order valence-corrected chi connectivity index (χ0v) is 15.4. The fourth-order valence-corrected chi connectivity index (χ4v) is 3.53. The molecule has 2 heterocycles. The fraction of sp³-hybridized carbons (Fsp3) is 0.333. The molecule has 1 atom stereocenters. The Hall–Kier alpha value is -2.67. The summed E-state index contributed by atoms with van der Waals surface area (Å²) in [5.74, 6) is 0. The standard InChI is InChI=1S/C21H20F3N3O/c1-14(15-5-4-6-16(11-15)21(22,23)24)27(18-8-9-18)13-17-12-20(28)26-10-3-2-7-19(26)25-17/h2-7,10-12,14,18H,8-9,13H2,1H3. The second-order valence-electron chi connectivity index (χ2n) is 7.22. The highest BCUT2D eigenvalue weighted by atomic mass is 19.4. The quantitative estimate of drug-likeness (QED) is 0.650. The van der Waals surface area contributed by atoms with Gasteiger partial charge in [0.15, 0.2) is 0 Å². The first-order valence-electron chi connectivity index (χ1n) is 9.23. The Balaban J connectivity index is 1.64. The molecule has 28 heavy (non-hydrogen) atoms. The van der Waals surface area contributed by atoms with Crippen molar-refractivity contribution >= 4 is 5.65 Å². The van der Waals surface area contributed by atoms with Gasteiger partial charge in [-0.25, -0.2) is 4.98 Å². The second-order valence-corrected chi connectivity index (χ2v) is 7.22. The Labute approximate surface area is 160 Å². The van der Waals surface area contributed by atoms with Crippen molar-refractivity contribution in [3.05, 3.63) is 81.9 Å². The number of rotatable bonds is 5. The van der Waals surface area contributed by atoms with E-state index in [2.05, 4.69) is 9.88 Å². The van der Waals surface area contributed by atoms with Crippen LogP contribution in [0.15, 0.2) is 59.5 Å². The minimum Gasteiger partial charge on any atom is -0.288 e. The third-order valence-electron chi connectivity index (χ3n) is 5.18. The molecule has 1 unspecified atom stereocenters. The predicted molar refractivity (Wildman–Crippen MR) is 99.9 cm³/mol. The average Bonchev–Trinajstić information content (AvgIpc) is 3.50. The predicted octanol–water partition coefficient (Wildman–Crippen LogP) is 4.44. The van der Waals surface area contributed by atoms with Gasteiger partial charge >= 0.3 is 6.18 Å². The lowest BCUT2D eigenvalue weighted by atomic mass is 10.0. The lowest BCUT2D eigenvalue weighted by Gasteiger charge is -2.29. The normalized spacial score (nSPS) is 15.9. The molecule has 0 saturated heterocycles. The van der Waals surface area contributed by atoms with Crippen LogP contribution < -0.4 is 5.56 Å². The summed E-state index contributed by atoms with van der Waals surface area (Å²) in [5, 5.41) is 0. The zero-order valence-electron chi connectivity index (χ0n) is 15.4. The van der Waals surface area contributed by atoms with Crippen molar-refractivity contribution in [3.63, 3.8) is 0 Å². The lowest BCUT2D eigenvalue weighted by molar-refractivity contribution is -0.137. The SMILES string of the molecule is CC(c1cccc(C(F)(F)F)c1)N(Cc1cc(=O)n2ccccc2n1)C1CC1. The van der Waals surface area contributed by atoms with Crippen LogP contribution >= 0.6 is 0 Å². The smallest absolute Gasteiger partial charge is 0.288 e. The molecule has 1 aromatic carbocycles. The van der Waals surface area contributed by atoms with Crippen LogP contribution in [0.5, 0.6) is 0 Å². The van der Waals surface area contributed by atoms with Gasteiger partial charge in [-0.3, -0.25) is 14.1 Å². The maximum Gasteiger partial charge on any atom is 0.416 e. The Kier molecular flexibility index (Phi) is 4.71. The van der Waals surface area contributed by atoms with E-state index < -0.39 is 11.7 Å². The van der Waals surface area contributed by atoms with Gasteiger partial charge in [-0.05, 0) is 49.6 Å². The first kappa shape index (κ1) is 18.7. The Morgan fingerprint density at radius 3 is 2.68 bits per heavy atom. The van der Waals surface area contributed by atoms with Crippen LogP contribution in [0.4, 0.5) is 13.2 Å². The van der Waals surface area contributed by atoms with E-state index in [1.807, 2.05) is 13.0 Å². The second kappa shape index (κ2) is 7.05. The number of aromatic nitrogens is 2. The van der Waals surface area contributed by atoms with Gasteiger partial charge in [-0.15, -0.1) is 0 Å². The van der Waals surface area contributed by atoms with E-state index in [0.717, 1.165) is 18.9 Å². The molecule has 0 spiro atoms. The molecule has 4 nitrogen and oxygen atoms in total. The molecule has 1 fully saturated rings. The van der Waals surface area contributed by atoms with Gasteiger partial charge in [0.1, 0.15) is 5.65 Å². The number of hydrogen-bond acceptors (Lipinski definition) is 3. The number of alkyl halides is 3. The number of fused-ring (bicyclic) bond motifs is 1. The minimum atomic E-state index is -4.37. The third-order valence-corrected chi connectivity index (χ3v) is 5.18. The van der Waals surface area contributed by atoms with E-state index in [-0.39, 0.29) is 11.6 Å². The van der Waals surface area contributed by atoms with E-state index in [0.29, 0.717) is 29.5 Å². The summed E-state index contributed by atoms with van der Waals surface area (Å²) in [6.07, 6.45) is -0.710. The highest BCUT2D eigenvalue weighted by molar-refractivity contribution is 5.38. The van der Waals surface area contributed by atoms with Gasteiger partial charge in [0.05, 0.1) is 11.3 Å². The van der Waals surface area contributed by atoms with Gasteiger partial charge in [-0.1, -0.05) is 18.2 Å². The number of pyridine rings is 1. The van der Waals surface area contributed by atoms with Crippen LogP contribution in [0.25, 0.3) is 5.65 Å². The molecular formula is C21H20F3N3O. The highest BCUT2D eigenvalue weighted by Gasteiger charge is 2.35. The highest BCUT2D eigenvalue weighted by Crippen LogP contribution is 2.37. The van der Waals surface area contributed by atoms with E-state index in [1.165, 1.54) is 22.6 Å². The van der Waals surface area contributed by atoms with Crippen LogP contribution in [0.1, 0.15) is 42.6 Å². The lowest BCUT2D eigenvalue weighted by Crippen LogP contribution is -2.30. The first-order valence-corrected chi connectivity index (χ1v) is 9.23. The molecular weight excluding hydrogens is 367 g/mol. The van der Waals surface area contributed by atoms with Crippen molar-refractivity contribution < 1.29 is 13.2 Å². The Morgan fingerprint density at radius 2 is 1.96 bits per heavy atom. The van der Waals surface area contributed by atoms with Crippen molar-refractivity contribution in [1.82, 2.24) is 14.3 Å². The fourth-order valence-electron chi connectivity index (χ4n) is 3.53. The summed E-state index contributed by atoms with van der Waals surface area (Å²) in [7, 11) is 0. The molecule has 0 N–H and O–H groups in total. The molecule has 1 aliphatic carbocycles. The summed E-state index contributed by atoms with van der Waals surface area (Å²) >= 11 is 0. The number of benzene rings is 1. The number of halogens is 3. The molecule has 3 aromatic rings. The van der Waals surface area contributed by atoms with Crippen molar-refractivity contribution in [1.29, 1.82) is 0 Å². The van der Waals surface area contributed by atoms with Crippen LogP contribution in [-0.2, 0) is 12.7 Å². The Morgan fingerprint density at radius 1 is 1.18 bits per heavy atom. The van der Waals surface area contributed by atoms with Crippen molar-refractivity contribution in [2.45, 2.75) is 44.6 Å². The van der Waals surface area contributed by atoms with Crippen molar-refractivity contribution in [2.24, 2.45) is 0 Å². The molecule has 0 aliphatic heterocycles. The van der Waals surface area contributed by atoms with Crippen molar-refractivity contribution in [2.75, 3.05) is 0 Å². The summed E-state index contributed by atoms with van der Waals surface area (Å²) in [4.78, 5) is 19.0. The maximum absolute atomic E-state index is 13.1. The van der Waals surface area contributed by atoms with Crippen LogP contribution in [-0.4, -0.2) is 20.3 Å². The van der Waals surface area contributed by atoms with Crippen LogP contribution in [0.2, 0.25) is 0 Å². The molecule has 1 aliphatic rings. The number of nitrogens with zero attached hydrogens (tertiary/aromatic N) is 3. The van der Waals surface area contributed by atoms with Crippen molar-refractivity contribution in [3.8, 4) is 0 Å². The van der Waals surface area contributed by atoms with Gasteiger partial charge in [-0.2, -0.15) is 13.2 Å². The summed E-state index contributed by atoms with van der Waals surface area (Å²) < 4.78 is 40.7. The van der Waals surface area contributed by atoms with E-state index in [9.17, 15) is 18.0 Å². The summed E-state index contributed by atoms with van der Waals surface area (Å²) in [6, 6.07) is 12.4. The summed E-state index contributed by atoms with van der Waals surface area (Å²) in [5.41, 5.74) is 0.992. The Bertz CT molecular complexity index is 1060. The average molecular weight is 387 g/mol. The van der Waals surface area contributed by atoms with Crippen LogP contribution in [0, 0.1) is 0 Å². The largest absolute Gasteiger partial charge is 0.416 e. The first-order chi connectivity index (χ1) is 13.3. The van der Waals surface area contributed by atoms with Gasteiger partial charge in [0, 0.05) is 30.9 Å². The van der Waals surface area contributed by atoms with Gasteiger partial charge in [0.25, 0.3) is 5.56 Å². The van der Waals surface area contributed by atoms with Crippen LogP contribution in [0.3, 0.4) is 0 Å². The molecule has 1 saturated carbocycles. The minimum absolute atomic E-state index is 0.164.